The molecule has 1 amide bonds. The van der Waals surface area contributed by atoms with Gasteiger partial charge in [0.1, 0.15) is 5.75 Å². The summed E-state index contributed by atoms with van der Waals surface area (Å²) in [6, 6.07) is 7.63. The third-order valence-electron chi connectivity index (χ3n) is 3.15. The fourth-order valence-electron chi connectivity index (χ4n) is 1.88. The highest BCUT2D eigenvalue weighted by atomic mass is 32.1. The van der Waals surface area contributed by atoms with Gasteiger partial charge in [0.05, 0.1) is 6.61 Å². The number of hydrogen-bond donors (Lipinski definition) is 1. The van der Waals surface area contributed by atoms with Crippen molar-refractivity contribution in [1.29, 1.82) is 0 Å². The second-order valence-corrected chi connectivity index (χ2v) is 6.18. The third kappa shape index (κ3) is 5.06. The molecular weight excluding hydrogens is 328 g/mol. The van der Waals surface area contributed by atoms with Crippen molar-refractivity contribution in [2.75, 3.05) is 18.5 Å². The monoisotopic (exact) mass is 348 g/mol. The Morgan fingerprint density at radius 1 is 1.25 bits per heavy atom. The lowest BCUT2D eigenvalue weighted by Gasteiger charge is -2.08. The van der Waals surface area contributed by atoms with Gasteiger partial charge >= 0.3 is 5.97 Å². The molecule has 0 saturated heterocycles. The van der Waals surface area contributed by atoms with Gasteiger partial charge in [-0.15, -0.1) is 11.3 Å². The Labute approximate surface area is 144 Å². The van der Waals surface area contributed by atoms with Crippen molar-refractivity contribution in [2.45, 2.75) is 26.7 Å². The van der Waals surface area contributed by atoms with Crippen LogP contribution in [0.1, 0.15) is 42.7 Å². The topological polar surface area (TPSA) is 77.5 Å². The first-order valence-corrected chi connectivity index (χ1v) is 8.52. The standard InChI is InChI=1S/C17H20N2O4S/c1-4-22-16(21)14-10-24-17(18-14)19-15(20)9-23-13-7-5-12(6-8-13)11(2)3/h5-8,10-11H,4,9H2,1-3H3,(H,18,19,20). The molecule has 7 heteroatoms. The molecule has 0 aliphatic rings. The molecule has 0 saturated carbocycles. The predicted molar refractivity (Wildman–Crippen MR) is 92.7 cm³/mol. The number of hydrogen-bond acceptors (Lipinski definition) is 6. The molecule has 24 heavy (non-hydrogen) atoms. The first-order chi connectivity index (χ1) is 11.5. The first-order valence-electron chi connectivity index (χ1n) is 7.64. The summed E-state index contributed by atoms with van der Waals surface area (Å²) in [5.74, 6) is 0.227. The van der Waals surface area contributed by atoms with Gasteiger partial charge in [0, 0.05) is 5.38 Å². The predicted octanol–water partition coefficient (Wildman–Crippen LogP) is 3.46. The Bertz CT molecular complexity index is 695. The van der Waals surface area contributed by atoms with Crippen LogP contribution in [-0.4, -0.2) is 30.1 Å². The van der Waals surface area contributed by atoms with Crippen LogP contribution in [-0.2, 0) is 9.53 Å². The van der Waals surface area contributed by atoms with Crippen molar-refractivity contribution >= 4 is 28.3 Å². The number of ether oxygens (including phenoxy) is 2. The Balaban J connectivity index is 1.84. The van der Waals surface area contributed by atoms with E-state index in [0.29, 0.717) is 16.8 Å². The number of amides is 1. The van der Waals surface area contributed by atoms with Crippen LogP contribution >= 0.6 is 11.3 Å². The van der Waals surface area contributed by atoms with Crippen molar-refractivity contribution < 1.29 is 19.1 Å². The smallest absolute Gasteiger partial charge is 0.357 e. The maximum absolute atomic E-state index is 11.9. The van der Waals surface area contributed by atoms with Gasteiger partial charge < -0.3 is 9.47 Å². The molecule has 0 bridgehead atoms. The molecule has 0 radical (unpaired) electrons. The van der Waals surface area contributed by atoms with E-state index in [1.807, 2.05) is 24.3 Å². The summed E-state index contributed by atoms with van der Waals surface area (Å²) < 4.78 is 10.3. The first kappa shape index (κ1) is 17.9. The zero-order valence-electron chi connectivity index (χ0n) is 13.9. The van der Waals surface area contributed by atoms with Crippen molar-refractivity contribution in [3.63, 3.8) is 0 Å². The van der Waals surface area contributed by atoms with E-state index in [1.54, 1.807) is 12.3 Å². The van der Waals surface area contributed by atoms with Crippen LogP contribution in [0.25, 0.3) is 0 Å². The zero-order chi connectivity index (χ0) is 17.5. The zero-order valence-corrected chi connectivity index (χ0v) is 14.7. The SMILES string of the molecule is CCOC(=O)c1csc(NC(=O)COc2ccc(C(C)C)cc2)n1. The van der Waals surface area contributed by atoms with Crippen molar-refractivity contribution in [3.8, 4) is 5.75 Å². The highest BCUT2D eigenvalue weighted by Crippen LogP contribution is 2.19. The molecule has 128 valence electrons. The highest BCUT2D eigenvalue weighted by molar-refractivity contribution is 7.14. The molecule has 1 N–H and O–H groups in total. The number of benzene rings is 1. The maximum Gasteiger partial charge on any atom is 0.357 e. The Hall–Kier alpha value is -2.41. The molecular formula is C17H20N2O4S. The van der Waals surface area contributed by atoms with E-state index < -0.39 is 5.97 Å². The molecule has 1 aromatic carbocycles. The largest absolute Gasteiger partial charge is 0.484 e. The van der Waals surface area contributed by atoms with Gasteiger partial charge in [-0.2, -0.15) is 0 Å². The number of anilines is 1. The van der Waals surface area contributed by atoms with Gasteiger partial charge in [-0.1, -0.05) is 26.0 Å². The average Bonchev–Trinajstić information content (AvgIpc) is 3.02. The van der Waals surface area contributed by atoms with Crippen molar-refractivity contribution in [3.05, 3.63) is 40.9 Å². The molecule has 1 aromatic heterocycles. The Morgan fingerprint density at radius 3 is 2.58 bits per heavy atom. The summed E-state index contributed by atoms with van der Waals surface area (Å²) in [7, 11) is 0. The summed E-state index contributed by atoms with van der Waals surface area (Å²) in [5, 5.41) is 4.47. The number of nitrogens with zero attached hydrogens (tertiary/aromatic N) is 1. The fraction of sp³-hybridized carbons (Fsp3) is 0.353. The van der Waals surface area contributed by atoms with E-state index in [1.165, 1.54) is 5.56 Å². The Morgan fingerprint density at radius 2 is 1.96 bits per heavy atom. The lowest BCUT2D eigenvalue weighted by Crippen LogP contribution is -2.20. The molecule has 0 spiro atoms. The number of carbonyl (C=O) groups is 2. The van der Waals surface area contributed by atoms with Crippen LogP contribution in [0.4, 0.5) is 5.13 Å². The number of nitrogens with one attached hydrogen (secondary N) is 1. The lowest BCUT2D eigenvalue weighted by molar-refractivity contribution is -0.118. The van der Waals surface area contributed by atoms with E-state index in [4.69, 9.17) is 9.47 Å². The van der Waals surface area contributed by atoms with Crippen molar-refractivity contribution in [2.24, 2.45) is 0 Å². The van der Waals surface area contributed by atoms with E-state index in [0.717, 1.165) is 11.3 Å². The normalized spacial score (nSPS) is 10.5. The number of rotatable bonds is 7. The minimum Gasteiger partial charge on any atom is -0.484 e. The van der Waals surface area contributed by atoms with E-state index in [-0.39, 0.29) is 24.8 Å². The number of thiazole rings is 1. The molecule has 2 rings (SSSR count). The molecule has 0 atom stereocenters. The minimum atomic E-state index is -0.504. The second kappa shape index (κ2) is 8.44. The van der Waals surface area contributed by atoms with E-state index in [9.17, 15) is 9.59 Å². The van der Waals surface area contributed by atoms with Crippen LogP contribution in [0.15, 0.2) is 29.6 Å². The molecule has 0 unspecified atom stereocenters. The van der Waals surface area contributed by atoms with E-state index >= 15 is 0 Å². The summed E-state index contributed by atoms with van der Waals surface area (Å²) in [6.07, 6.45) is 0. The summed E-state index contributed by atoms with van der Waals surface area (Å²) in [5.41, 5.74) is 1.39. The van der Waals surface area contributed by atoms with Crippen LogP contribution < -0.4 is 10.1 Å². The molecule has 2 aromatic rings. The van der Waals surface area contributed by atoms with Gasteiger partial charge in [0.15, 0.2) is 17.4 Å². The van der Waals surface area contributed by atoms with Crippen LogP contribution in [0, 0.1) is 0 Å². The minimum absolute atomic E-state index is 0.130. The molecule has 6 nitrogen and oxygen atoms in total. The van der Waals surface area contributed by atoms with Gasteiger partial charge in [0.25, 0.3) is 5.91 Å². The van der Waals surface area contributed by atoms with Crippen LogP contribution in [0.2, 0.25) is 0 Å². The van der Waals surface area contributed by atoms with Gasteiger partial charge in [-0.3, -0.25) is 10.1 Å². The van der Waals surface area contributed by atoms with E-state index in [2.05, 4.69) is 24.1 Å². The van der Waals surface area contributed by atoms with Crippen LogP contribution in [0.3, 0.4) is 0 Å². The quantitative estimate of drug-likeness (QED) is 0.775. The van der Waals surface area contributed by atoms with Gasteiger partial charge in [-0.05, 0) is 30.5 Å². The molecule has 0 aliphatic heterocycles. The molecule has 1 heterocycles. The lowest BCUT2D eigenvalue weighted by atomic mass is 10.0. The summed E-state index contributed by atoms with van der Waals surface area (Å²) in [4.78, 5) is 27.4. The number of aromatic nitrogens is 1. The Kier molecular flexibility index (Phi) is 6.31. The fourth-order valence-corrected chi connectivity index (χ4v) is 2.58. The van der Waals surface area contributed by atoms with Crippen molar-refractivity contribution in [1.82, 2.24) is 4.98 Å². The summed E-state index contributed by atoms with van der Waals surface area (Å²) in [6.45, 7) is 6.10. The van der Waals surface area contributed by atoms with Gasteiger partial charge in [0.2, 0.25) is 0 Å². The molecule has 0 fully saturated rings. The maximum atomic E-state index is 11.9. The third-order valence-corrected chi connectivity index (χ3v) is 3.91. The number of esters is 1. The second-order valence-electron chi connectivity index (χ2n) is 5.32. The van der Waals surface area contributed by atoms with Crippen LogP contribution in [0.5, 0.6) is 5.75 Å². The highest BCUT2D eigenvalue weighted by Gasteiger charge is 2.13. The number of carbonyl (C=O) groups excluding carboxylic acids is 2. The average molecular weight is 348 g/mol. The molecule has 0 aliphatic carbocycles. The van der Waals surface area contributed by atoms with Gasteiger partial charge in [-0.25, -0.2) is 9.78 Å². The summed E-state index contributed by atoms with van der Waals surface area (Å²) >= 11 is 1.16.